The van der Waals surface area contributed by atoms with Gasteiger partial charge in [0.05, 0.1) is 26.4 Å². The van der Waals surface area contributed by atoms with Gasteiger partial charge >= 0.3 is 0 Å². The van der Waals surface area contributed by atoms with E-state index >= 15 is 0 Å². The van der Waals surface area contributed by atoms with Crippen molar-refractivity contribution in [2.75, 3.05) is 52.3 Å². The lowest BCUT2D eigenvalue weighted by Gasteiger charge is -2.12. The summed E-state index contributed by atoms with van der Waals surface area (Å²) in [6.07, 6.45) is 1.51. The van der Waals surface area contributed by atoms with Gasteiger partial charge in [0.15, 0.2) is 0 Å². The Morgan fingerprint density at radius 1 is 0.737 bits per heavy atom. The molecule has 0 aliphatic rings. The molecule has 0 bridgehead atoms. The van der Waals surface area contributed by atoms with E-state index < -0.39 is 7.37 Å². The Morgan fingerprint density at radius 3 is 1.47 bits per heavy atom. The molecule has 0 aliphatic heterocycles. The molecule has 0 radical (unpaired) electrons. The van der Waals surface area contributed by atoms with Crippen LogP contribution in [0.1, 0.15) is 26.7 Å². The molecular weight excluding hydrogens is 271 g/mol. The van der Waals surface area contributed by atoms with Crippen molar-refractivity contribution in [3.63, 3.8) is 0 Å². The van der Waals surface area contributed by atoms with Gasteiger partial charge in [0.25, 0.3) is 0 Å². The minimum atomic E-state index is -3.36. The molecule has 0 atom stereocenters. The Balaban J connectivity index is 3.39. The minimum Gasteiger partial charge on any atom is -0.379 e. The fourth-order valence-electron chi connectivity index (χ4n) is 1.18. The van der Waals surface area contributed by atoms with Crippen LogP contribution in [-0.4, -0.2) is 57.2 Å². The molecular formula is C12H27O6P. The molecule has 0 aromatic heterocycles. The van der Waals surface area contributed by atoms with Gasteiger partial charge in [0.1, 0.15) is 12.7 Å². The Labute approximate surface area is 115 Å². The lowest BCUT2D eigenvalue weighted by molar-refractivity contribution is 0.0526. The van der Waals surface area contributed by atoms with E-state index in [-0.39, 0.29) is 12.7 Å². The summed E-state index contributed by atoms with van der Waals surface area (Å²) in [6, 6.07) is 0. The van der Waals surface area contributed by atoms with Gasteiger partial charge in [0, 0.05) is 13.2 Å². The van der Waals surface area contributed by atoms with Gasteiger partial charge in [-0.1, -0.05) is 13.8 Å². The van der Waals surface area contributed by atoms with E-state index in [2.05, 4.69) is 0 Å². The van der Waals surface area contributed by atoms with E-state index in [0.29, 0.717) is 39.6 Å². The Bertz CT molecular complexity index is 216. The summed E-state index contributed by atoms with van der Waals surface area (Å²) in [6.45, 7) is 6.93. The predicted molar refractivity (Wildman–Crippen MR) is 73.7 cm³/mol. The first-order valence-corrected chi connectivity index (χ1v) is 8.77. The van der Waals surface area contributed by atoms with Gasteiger partial charge in [0.2, 0.25) is 7.37 Å². The molecule has 19 heavy (non-hydrogen) atoms. The van der Waals surface area contributed by atoms with Crippen LogP contribution in [0.4, 0.5) is 0 Å². The van der Waals surface area contributed by atoms with E-state index in [1.807, 2.05) is 13.8 Å². The number of rotatable bonds is 14. The summed E-state index contributed by atoms with van der Waals surface area (Å²) in [5.41, 5.74) is 0. The van der Waals surface area contributed by atoms with Gasteiger partial charge in [-0.05, 0) is 12.8 Å². The number of hydrogen-bond acceptors (Lipinski definition) is 5. The van der Waals surface area contributed by atoms with Crippen molar-refractivity contribution < 1.29 is 28.4 Å². The normalized spacial score (nSPS) is 11.9. The highest BCUT2D eigenvalue weighted by Gasteiger charge is 2.18. The Morgan fingerprint density at radius 2 is 1.11 bits per heavy atom. The quantitative estimate of drug-likeness (QED) is 0.391. The first-order valence-electron chi connectivity index (χ1n) is 6.74. The van der Waals surface area contributed by atoms with E-state index in [9.17, 15) is 9.46 Å². The van der Waals surface area contributed by atoms with Crippen LogP contribution in [0.15, 0.2) is 0 Å². The maximum atomic E-state index is 11.6. The molecule has 0 fully saturated rings. The second-order valence-corrected chi connectivity index (χ2v) is 6.35. The third-order valence-corrected chi connectivity index (χ3v) is 3.20. The maximum absolute atomic E-state index is 11.6. The highest BCUT2D eigenvalue weighted by atomic mass is 31.2. The first-order chi connectivity index (χ1) is 9.12. The van der Waals surface area contributed by atoms with E-state index in [1.165, 1.54) is 0 Å². The summed E-state index contributed by atoms with van der Waals surface area (Å²) in [4.78, 5) is 9.54. The van der Waals surface area contributed by atoms with Crippen LogP contribution in [0.25, 0.3) is 0 Å². The molecule has 0 saturated heterocycles. The zero-order chi connectivity index (χ0) is 14.4. The van der Waals surface area contributed by atoms with Gasteiger partial charge in [-0.15, -0.1) is 0 Å². The van der Waals surface area contributed by atoms with Crippen molar-refractivity contribution in [1.29, 1.82) is 0 Å². The molecule has 0 aromatic carbocycles. The van der Waals surface area contributed by atoms with Crippen molar-refractivity contribution >= 4 is 7.37 Å². The molecule has 116 valence electrons. The molecule has 0 rings (SSSR count). The maximum Gasteiger partial charge on any atom is 0.250 e. The molecule has 0 saturated carbocycles. The predicted octanol–water partition coefficient (Wildman–Crippen LogP) is 2.06. The first kappa shape index (κ1) is 19.0. The van der Waals surface area contributed by atoms with E-state index in [1.54, 1.807) is 0 Å². The smallest absolute Gasteiger partial charge is 0.250 e. The minimum absolute atomic E-state index is 0.196. The van der Waals surface area contributed by atoms with E-state index in [0.717, 1.165) is 12.8 Å². The summed E-state index contributed by atoms with van der Waals surface area (Å²) in [5, 5.41) is 0. The van der Waals surface area contributed by atoms with Crippen molar-refractivity contribution in [2.24, 2.45) is 0 Å². The summed E-state index contributed by atoms with van der Waals surface area (Å²) in [5.74, 6) is 0. The van der Waals surface area contributed by atoms with Gasteiger partial charge in [-0.25, -0.2) is 0 Å². The fraction of sp³-hybridized carbons (Fsp3) is 1.00. The SMILES string of the molecule is CCCOCCOCP(=O)(O)COCCOCCC. The van der Waals surface area contributed by atoms with Crippen LogP contribution < -0.4 is 0 Å². The van der Waals surface area contributed by atoms with Crippen molar-refractivity contribution in [3.05, 3.63) is 0 Å². The molecule has 6 nitrogen and oxygen atoms in total. The van der Waals surface area contributed by atoms with Gasteiger partial charge < -0.3 is 23.8 Å². The number of hydrogen-bond donors (Lipinski definition) is 1. The Hall–Kier alpha value is 0.0300. The zero-order valence-electron chi connectivity index (χ0n) is 12.0. The van der Waals surface area contributed by atoms with E-state index in [4.69, 9.17) is 18.9 Å². The largest absolute Gasteiger partial charge is 0.379 e. The highest BCUT2D eigenvalue weighted by Crippen LogP contribution is 2.39. The fourth-order valence-corrected chi connectivity index (χ4v) is 2.08. The average molecular weight is 298 g/mol. The van der Waals surface area contributed by atoms with Crippen molar-refractivity contribution in [3.8, 4) is 0 Å². The third-order valence-electron chi connectivity index (χ3n) is 2.03. The second-order valence-electron chi connectivity index (χ2n) is 4.15. The Kier molecular flexibility index (Phi) is 13.1. The monoisotopic (exact) mass is 298 g/mol. The standard InChI is InChI=1S/C12H27O6P/c1-3-5-15-7-9-17-11-19(13,14)12-18-10-8-16-6-4-2/h3-12H2,1-2H3,(H,13,14). The molecule has 0 amide bonds. The molecule has 0 aliphatic carbocycles. The van der Waals surface area contributed by atoms with Gasteiger partial charge in [-0.3, -0.25) is 4.57 Å². The zero-order valence-corrected chi connectivity index (χ0v) is 12.9. The molecule has 0 heterocycles. The molecule has 0 spiro atoms. The topological polar surface area (TPSA) is 74.2 Å². The lowest BCUT2D eigenvalue weighted by Crippen LogP contribution is -2.10. The summed E-state index contributed by atoms with van der Waals surface area (Å²) in [7, 11) is -3.36. The molecule has 1 N–H and O–H groups in total. The van der Waals surface area contributed by atoms with Crippen molar-refractivity contribution in [1.82, 2.24) is 0 Å². The van der Waals surface area contributed by atoms with Crippen LogP contribution in [0, 0.1) is 0 Å². The summed E-state index contributed by atoms with van der Waals surface area (Å²) >= 11 is 0. The van der Waals surface area contributed by atoms with Crippen LogP contribution in [0.5, 0.6) is 0 Å². The van der Waals surface area contributed by atoms with Crippen molar-refractivity contribution in [2.45, 2.75) is 26.7 Å². The summed E-state index contributed by atoms with van der Waals surface area (Å²) < 4.78 is 32.2. The average Bonchev–Trinajstić information content (AvgIpc) is 2.38. The van der Waals surface area contributed by atoms with Crippen LogP contribution in [-0.2, 0) is 23.5 Å². The molecule has 0 unspecified atom stereocenters. The highest BCUT2D eigenvalue weighted by molar-refractivity contribution is 7.57. The third kappa shape index (κ3) is 14.3. The molecule has 7 heteroatoms. The van der Waals surface area contributed by atoms with Gasteiger partial charge in [-0.2, -0.15) is 0 Å². The molecule has 0 aromatic rings. The van der Waals surface area contributed by atoms with Crippen LogP contribution >= 0.6 is 7.37 Å². The van der Waals surface area contributed by atoms with Crippen LogP contribution in [0.2, 0.25) is 0 Å². The number of ether oxygens (including phenoxy) is 4. The second kappa shape index (κ2) is 13.0. The van der Waals surface area contributed by atoms with Crippen LogP contribution in [0.3, 0.4) is 0 Å². The lowest BCUT2D eigenvalue weighted by atomic mass is 10.5.